The lowest BCUT2D eigenvalue weighted by molar-refractivity contribution is -0.129. The zero-order valence-electron chi connectivity index (χ0n) is 13.0. The molecule has 1 aliphatic rings. The van der Waals surface area contributed by atoms with E-state index in [1.54, 1.807) is 13.0 Å². The third kappa shape index (κ3) is 2.84. The molecule has 2 aromatic rings. The number of amides is 1. The van der Waals surface area contributed by atoms with Gasteiger partial charge in [-0.05, 0) is 57.4 Å². The van der Waals surface area contributed by atoms with Crippen molar-refractivity contribution in [1.82, 2.24) is 10.3 Å². The van der Waals surface area contributed by atoms with Gasteiger partial charge in [0, 0.05) is 22.6 Å². The van der Waals surface area contributed by atoms with Crippen LogP contribution in [-0.4, -0.2) is 29.0 Å². The molecule has 1 aromatic heterocycles. The molecule has 1 amide bonds. The maximum Gasteiger partial charge on any atom is 0.338 e. The van der Waals surface area contributed by atoms with E-state index in [0.29, 0.717) is 5.56 Å². The van der Waals surface area contributed by atoms with Gasteiger partial charge in [-0.15, -0.1) is 0 Å². The van der Waals surface area contributed by atoms with Crippen LogP contribution in [0.4, 0.5) is 0 Å². The number of aromatic nitrogens is 1. The molecule has 1 fully saturated rings. The van der Waals surface area contributed by atoms with Crippen LogP contribution < -0.4 is 5.32 Å². The Morgan fingerprint density at radius 1 is 1.32 bits per heavy atom. The summed E-state index contributed by atoms with van der Waals surface area (Å²) < 4.78 is 5.26. The number of hydrogen-bond acceptors (Lipinski definition) is 3. The summed E-state index contributed by atoms with van der Waals surface area (Å²) in [6.45, 7) is 5.60. The number of ether oxygens (including phenoxy) is 1. The number of carbonyl (C=O) groups is 2. The van der Waals surface area contributed by atoms with Crippen LogP contribution in [-0.2, 0) is 9.53 Å². The van der Waals surface area contributed by atoms with Gasteiger partial charge in [-0.25, -0.2) is 4.79 Å². The van der Waals surface area contributed by atoms with Gasteiger partial charge in [0.25, 0.3) is 5.91 Å². The standard InChI is InChI=1S/C17H20N2O3/c1-9-10(2)18-15-7-4-12(8-14(9)15)17(21)22-11(3)16(20)19-13-5-6-13/h4,7-8,11,13,18H,5-6H2,1-3H3,(H,19,20)/t11-/m0/s1. The molecule has 116 valence electrons. The van der Waals surface area contributed by atoms with E-state index in [9.17, 15) is 9.59 Å². The third-order valence-electron chi connectivity index (χ3n) is 4.12. The summed E-state index contributed by atoms with van der Waals surface area (Å²) in [7, 11) is 0. The molecule has 1 aliphatic carbocycles. The Bertz CT molecular complexity index is 744. The maximum absolute atomic E-state index is 12.2. The van der Waals surface area contributed by atoms with E-state index < -0.39 is 12.1 Å². The first kappa shape index (κ1) is 14.6. The number of H-pyrrole nitrogens is 1. The summed E-state index contributed by atoms with van der Waals surface area (Å²) in [5, 5.41) is 3.83. The molecule has 1 aromatic carbocycles. The van der Waals surface area contributed by atoms with E-state index in [4.69, 9.17) is 4.74 Å². The fourth-order valence-electron chi connectivity index (χ4n) is 2.42. The topological polar surface area (TPSA) is 71.2 Å². The van der Waals surface area contributed by atoms with Crippen LogP contribution >= 0.6 is 0 Å². The van der Waals surface area contributed by atoms with Crippen LogP contribution in [0.5, 0.6) is 0 Å². The highest BCUT2D eigenvalue weighted by Gasteiger charge is 2.27. The Kier molecular flexibility index (Phi) is 3.64. The third-order valence-corrected chi connectivity index (χ3v) is 4.12. The Hall–Kier alpha value is -2.30. The van der Waals surface area contributed by atoms with Crippen LogP contribution in [0.2, 0.25) is 0 Å². The molecule has 0 radical (unpaired) electrons. The van der Waals surface area contributed by atoms with Gasteiger partial charge >= 0.3 is 5.97 Å². The molecule has 0 unspecified atom stereocenters. The second-order valence-electron chi connectivity index (χ2n) is 5.97. The van der Waals surface area contributed by atoms with Crippen molar-refractivity contribution in [3.8, 4) is 0 Å². The van der Waals surface area contributed by atoms with Crippen molar-refractivity contribution in [3.63, 3.8) is 0 Å². The first-order valence-electron chi connectivity index (χ1n) is 7.56. The summed E-state index contributed by atoms with van der Waals surface area (Å²) in [6.07, 6.45) is 1.24. The van der Waals surface area contributed by atoms with Crippen LogP contribution in [0, 0.1) is 13.8 Å². The predicted molar refractivity (Wildman–Crippen MR) is 83.8 cm³/mol. The molecule has 1 saturated carbocycles. The number of aryl methyl sites for hydroxylation is 2. The van der Waals surface area contributed by atoms with E-state index in [0.717, 1.165) is 35.0 Å². The lowest BCUT2D eigenvalue weighted by Crippen LogP contribution is -2.37. The number of carbonyl (C=O) groups excluding carboxylic acids is 2. The number of benzene rings is 1. The number of nitrogens with one attached hydrogen (secondary N) is 2. The Morgan fingerprint density at radius 2 is 2.05 bits per heavy atom. The van der Waals surface area contributed by atoms with Gasteiger partial charge < -0.3 is 15.0 Å². The number of esters is 1. The molecule has 1 atom stereocenters. The molecular formula is C17H20N2O3. The van der Waals surface area contributed by atoms with Crippen molar-refractivity contribution < 1.29 is 14.3 Å². The van der Waals surface area contributed by atoms with Crippen molar-refractivity contribution in [2.24, 2.45) is 0 Å². The number of aromatic amines is 1. The molecule has 5 nitrogen and oxygen atoms in total. The highest BCUT2D eigenvalue weighted by molar-refractivity contribution is 5.97. The van der Waals surface area contributed by atoms with Gasteiger partial charge in [0.05, 0.1) is 5.56 Å². The highest BCUT2D eigenvalue weighted by atomic mass is 16.5. The van der Waals surface area contributed by atoms with Gasteiger partial charge in [-0.1, -0.05) is 0 Å². The Labute approximate surface area is 129 Å². The van der Waals surface area contributed by atoms with E-state index in [1.165, 1.54) is 0 Å². The monoisotopic (exact) mass is 300 g/mol. The van der Waals surface area contributed by atoms with Crippen LogP contribution in [0.1, 0.15) is 41.4 Å². The average Bonchev–Trinajstić information content (AvgIpc) is 3.25. The minimum Gasteiger partial charge on any atom is -0.449 e. The van der Waals surface area contributed by atoms with Gasteiger partial charge in [-0.3, -0.25) is 4.79 Å². The van der Waals surface area contributed by atoms with Gasteiger partial charge in [-0.2, -0.15) is 0 Å². The minimum absolute atomic E-state index is 0.231. The lowest BCUT2D eigenvalue weighted by Gasteiger charge is -2.13. The summed E-state index contributed by atoms with van der Waals surface area (Å²) in [5.74, 6) is -0.704. The van der Waals surface area contributed by atoms with Gasteiger partial charge in [0.2, 0.25) is 0 Å². The smallest absolute Gasteiger partial charge is 0.338 e. The lowest BCUT2D eigenvalue weighted by atomic mass is 10.1. The predicted octanol–water partition coefficient (Wildman–Crippen LogP) is 2.61. The van der Waals surface area contributed by atoms with E-state index in [1.807, 2.05) is 26.0 Å². The first-order valence-corrected chi connectivity index (χ1v) is 7.56. The maximum atomic E-state index is 12.2. The molecule has 3 rings (SSSR count). The van der Waals surface area contributed by atoms with Crippen LogP contribution in [0.25, 0.3) is 10.9 Å². The van der Waals surface area contributed by atoms with Gasteiger partial charge in [0.15, 0.2) is 6.10 Å². The quantitative estimate of drug-likeness (QED) is 0.853. The van der Waals surface area contributed by atoms with Crippen molar-refractivity contribution >= 4 is 22.8 Å². The van der Waals surface area contributed by atoms with Gasteiger partial charge in [0.1, 0.15) is 0 Å². The van der Waals surface area contributed by atoms with Crippen molar-refractivity contribution in [2.45, 2.75) is 45.8 Å². The first-order chi connectivity index (χ1) is 10.5. The highest BCUT2D eigenvalue weighted by Crippen LogP contribution is 2.23. The molecule has 0 saturated heterocycles. The van der Waals surface area contributed by atoms with Crippen molar-refractivity contribution in [2.75, 3.05) is 0 Å². The average molecular weight is 300 g/mol. The zero-order valence-corrected chi connectivity index (χ0v) is 13.0. The summed E-state index contributed by atoms with van der Waals surface area (Å²) in [5.41, 5.74) is 3.65. The molecule has 2 N–H and O–H groups in total. The molecule has 22 heavy (non-hydrogen) atoms. The van der Waals surface area contributed by atoms with Crippen molar-refractivity contribution in [1.29, 1.82) is 0 Å². The number of hydrogen-bond donors (Lipinski definition) is 2. The zero-order chi connectivity index (χ0) is 15.9. The fourth-order valence-corrected chi connectivity index (χ4v) is 2.42. The minimum atomic E-state index is -0.780. The summed E-state index contributed by atoms with van der Waals surface area (Å²) >= 11 is 0. The summed E-state index contributed by atoms with van der Waals surface area (Å²) in [4.78, 5) is 27.3. The van der Waals surface area contributed by atoms with E-state index in [2.05, 4.69) is 10.3 Å². The number of fused-ring (bicyclic) bond motifs is 1. The Balaban J connectivity index is 1.73. The molecule has 1 heterocycles. The van der Waals surface area contributed by atoms with Crippen molar-refractivity contribution in [3.05, 3.63) is 35.0 Å². The molecule has 5 heteroatoms. The molecule has 0 bridgehead atoms. The second kappa shape index (κ2) is 5.48. The van der Waals surface area contributed by atoms with E-state index >= 15 is 0 Å². The van der Waals surface area contributed by atoms with Crippen LogP contribution in [0.15, 0.2) is 18.2 Å². The molecule has 0 aliphatic heterocycles. The van der Waals surface area contributed by atoms with Crippen LogP contribution in [0.3, 0.4) is 0 Å². The largest absolute Gasteiger partial charge is 0.449 e. The molecular weight excluding hydrogens is 280 g/mol. The van der Waals surface area contributed by atoms with E-state index in [-0.39, 0.29) is 11.9 Å². The summed E-state index contributed by atoms with van der Waals surface area (Å²) in [6, 6.07) is 5.64. The Morgan fingerprint density at radius 3 is 2.73 bits per heavy atom. The number of rotatable bonds is 4. The second-order valence-corrected chi connectivity index (χ2v) is 5.97. The molecule has 0 spiro atoms. The fraction of sp³-hybridized carbons (Fsp3) is 0.412. The SMILES string of the molecule is Cc1[nH]c2ccc(C(=O)O[C@@H](C)C(=O)NC3CC3)cc2c1C. The normalized spacial score (nSPS) is 15.6.